The Bertz CT molecular complexity index is 375. The number of nitrogens with one attached hydrogen (secondary N) is 1. The van der Waals surface area contributed by atoms with E-state index >= 15 is 0 Å². The Hall–Kier alpha value is -1.51. The molecule has 16 heavy (non-hydrogen) atoms. The molecule has 88 valence electrons. The van der Waals surface area contributed by atoms with Crippen LogP contribution in [0.5, 0.6) is 0 Å². The Morgan fingerprint density at radius 1 is 1.38 bits per heavy atom. The summed E-state index contributed by atoms with van der Waals surface area (Å²) < 4.78 is 0. The first-order valence-electron chi connectivity index (χ1n) is 5.61. The van der Waals surface area contributed by atoms with Gasteiger partial charge in [0, 0.05) is 29.7 Å². The van der Waals surface area contributed by atoms with Gasteiger partial charge in [0.2, 0.25) is 0 Å². The molecule has 3 nitrogen and oxygen atoms in total. The summed E-state index contributed by atoms with van der Waals surface area (Å²) in [5, 5.41) is 3.29. The van der Waals surface area contributed by atoms with Crippen LogP contribution in [0.2, 0.25) is 0 Å². The van der Waals surface area contributed by atoms with Crippen LogP contribution >= 0.6 is 0 Å². The average molecular weight is 219 g/mol. The first-order valence-corrected chi connectivity index (χ1v) is 5.61. The van der Waals surface area contributed by atoms with Gasteiger partial charge in [-0.2, -0.15) is 0 Å². The summed E-state index contributed by atoms with van der Waals surface area (Å²) in [5.41, 5.74) is 8.59. The Labute approximate surface area is 97.8 Å². The Balaban J connectivity index is 3.00. The molecule has 0 amide bonds. The molecule has 0 aliphatic heterocycles. The smallest absolute Gasteiger partial charge is 0.0524 e. The highest BCUT2D eigenvalue weighted by Gasteiger charge is 2.06. The van der Waals surface area contributed by atoms with Gasteiger partial charge in [-0.3, -0.25) is 4.99 Å². The quantitative estimate of drug-likeness (QED) is 0.606. The lowest BCUT2D eigenvalue weighted by Crippen LogP contribution is -2.10. The van der Waals surface area contributed by atoms with Crippen molar-refractivity contribution in [1.82, 2.24) is 0 Å². The molecule has 0 atom stereocenters. The maximum absolute atomic E-state index is 5.77. The van der Waals surface area contributed by atoms with E-state index in [1.165, 1.54) is 0 Å². The molecule has 1 aromatic carbocycles. The highest BCUT2D eigenvalue weighted by Crippen LogP contribution is 2.18. The van der Waals surface area contributed by atoms with Gasteiger partial charge in [-0.1, -0.05) is 0 Å². The van der Waals surface area contributed by atoms with Gasteiger partial charge in [-0.05, 0) is 45.9 Å². The van der Waals surface area contributed by atoms with E-state index in [9.17, 15) is 0 Å². The second-order valence-corrected chi connectivity index (χ2v) is 4.81. The van der Waals surface area contributed by atoms with Crippen LogP contribution in [-0.4, -0.2) is 18.3 Å². The molecule has 0 saturated carbocycles. The molecular formula is C13H21N3. The lowest BCUT2D eigenvalue weighted by Gasteiger charge is -2.13. The van der Waals surface area contributed by atoms with Crippen molar-refractivity contribution in [2.24, 2.45) is 4.99 Å². The zero-order valence-electron chi connectivity index (χ0n) is 10.5. The SMILES string of the molecule is CCNc1ccc(N)cc1C=NC(C)(C)C. The van der Waals surface area contributed by atoms with E-state index in [1.54, 1.807) is 0 Å². The topological polar surface area (TPSA) is 50.4 Å². The van der Waals surface area contributed by atoms with Crippen LogP contribution in [0.4, 0.5) is 11.4 Å². The average Bonchev–Trinajstić information content (AvgIpc) is 2.17. The van der Waals surface area contributed by atoms with Crippen LogP contribution in [0.1, 0.15) is 33.3 Å². The van der Waals surface area contributed by atoms with E-state index in [0.717, 1.165) is 23.5 Å². The van der Waals surface area contributed by atoms with E-state index in [-0.39, 0.29) is 5.54 Å². The number of nitrogens with two attached hydrogens (primary N) is 1. The van der Waals surface area contributed by atoms with Crippen molar-refractivity contribution in [1.29, 1.82) is 0 Å². The van der Waals surface area contributed by atoms with Crippen molar-refractivity contribution >= 4 is 17.6 Å². The van der Waals surface area contributed by atoms with Crippen molar-refractivity contribution in [3.63, 3.8) is 0 Å². The van der Waals surface area contributed by atoms with Crippen molar-refractivity contribution in [3.8, 4) is 0 Å². The molecule has 3 N–H and O–H groups in total. The Kier molecular flexibility index (Phi) is 3.93. The molecular weight excluding hydrogens is 198 g/mol. The molecule has 0 saturated heterocycles. The summed E-state index contributed by atoms with van der Waals surface area (Å²) in [6.07, 6.45) is 1.88. The van der Waals surface area contributed by atoms with E-state index in [0.29, 0.717) is 0 Å². The zero-order chi connectivity index (χ0) is 12.2. The Morgan fingerprint density at radius 2 is 2.06 bits per heavy atom. The van der Waals surface area contributed by atoms with Gasteiger partial charge < -0.3 is 11.1 Å². The minimum atomic E-state index is -0.0614. The molecule has 0 aliphatic rings. The lowest BCUT2D eigenvalue weighted by molar-refractivity contribution is 0.587. The third kappa shape index (κ3) is 3.93. The first-order chi connectivity index (χ1) is 7.42. The maximum Gasteiger partial charge on any atom is 0.0524 e. The van der Waals surface area contributed by atoms with Gasteiger partial charge >= 0.3 is 0 Å². The van der Waals surface area contributed by atoms with Gasteiger partial charge in [-0.15, -0.1) is 0 Å². The van der Waals surface area contributed by atoms with Gasteiger partial charge in [0.15, 0.2) is 0 Å². The van der Waals surface area contributed by atoms with Crippen LogP contribution in [0, 0.1) is 0 Å². The van der Waals surface area contributed by atoms with Crippen LogP contribution in [0.15, 0.2) is 23.2 Å². The van der Waals surface area contributed by atoms with E-state index in [1.807, 2.05) is 24.4 Å². The second-order valence-electron chi connectivity index (χ2n) is 4.81. The molecule has 0 bridgehead atoms. The largest absolute Gasteiger partial charge is 0.399 e. The van der Waals surface area contributed by atoms with Gasteiger partial charge in [0.1, 0.15) is 0 Å². The van der Waals surface area contributed by atoms with Gasteiger partial charge in [-0.25, -0.2) is 0 Å². The van der Waals surface area contributed by atoms with Crippen LogP contribution < -0.4 is 11.1 Å². The third-order valence-electron chi connectivity index (χ3n) is 2.03. The minimum absolute atomic E-state index is 0.0614. The van der Waals surface area contributed by atoms with Crippen molar-refractivity contribution in [2.75, 3.05) is 17.6 Å². The predicted molar refractivity (Wildman–Crippen MR) is 72.4 cm³/mol. The standard InChI is InChI=1S/C13H21N3/c1-5-15-12-7-6-11(14)8-10(12)9-16-13(2,3)4/h6-9,15H,5,14H2,1-4H3. The molecule has 0 aliphatic carbocycles. The fourth-order valence-electron chi connectivity index (χ4n) is 1.30. The summed E-state index contributed by atoms with van der Waals surface area (Å²) in [7, 11) is 0. The number of anilines is 2. The molecule has 0 unspecified atom stereocenters. The molecule has 0 spiro atoms. The van der Waals surface area contributed by atoms with Crippen LogP contribution in [0.25, 0.3) is 0 Å². The summed E-state index contributed by atoms with van der Waals surface area (Å²) in [6, 6.07) is 5.82. The zero-order valence-corrected chi connectivity index (χ0v) is 10.5. The van der Waals surface area contributed by atoms with Crippen molar-refractivity contribution in [2.45, 2.75) is 33.2 Å². The van der Waals surface area contributed by atoms with E-state index in [4.69, 9.17) is 5.73 Å². The molecule has 1 rings (SSSR count). The second kappa shape index (κ2) is 5.01. The number of rotatable bonds is 3. The van der Waals surface area contributed by atoms with Crippen molar-refractivity contribution < 1.29 is 0 Å². The monoisotopic (exact) mass is 219 g/mol. The number of nitrogens with zero attached hydrogens (tertiary/aromatic N) is 1. The third-order valence-corrected chi connectivity index (χ3v) is 2.03. The van der Waals surface area contributed by atoms with E-state index in [2.05, 4.69) is 38.0 Å². The molecule has 0 heterocycles. The van der Waals surface area contributed by atoms with Crippen LogP contribution in [0.3, 0.4) is 0 Å². The molecule has 3 heteroatoms. The number of hydrogen-bond donors (Lipinski definition) is 2. The fourth-order valence-corrected chi connectivity index (χ4v) is 1.30. The Morgan fingerprint density at radius 3 is 2.62 bits per heavy atom. The highest BCUT2D eigenvalue weighted by molar-refractivity contribution is 5.89. The summed E-state index contributed by atoms with van der Waals surface area (Å²) in [4.78, 5) is 4.49. The number of nitrogen functional groups attached to an aromatic ring is 1. The molecule has 0 fully saturated rings. The number of hydrogen-bond acceptors (Lipinski definition) is 3. The molecule has 1 aromatic rings. The highest BCUT2D eigenvalue weighted by atomic mass is 14.9. The predicted octanol–water partition coefficient (Wildman–Crippen LogP) is 2.92. The number of aliphatic imine (C=N–C) groups is 1. The minimum Gasteiger partial charge on any atom is -0.399 e. The van der Waals surface area contributed by atoms with E-state index < -0.39 is 0 Å². The first kappa shape index (κ1) is 12.6. The van der Waals surface area contributed by atoms with Crippen molar-refractivity contribution in [3.05, 3.63) is 23.8 Å². The summed E-state index contributed by atoms with van der Waals surface area (Å²) in [5.74, 6) is 0. The summed E-state index contributed by atoms with van der Waals surface area (Å²) >= 11 is 0. The molecule has 0 aromatic heterocycles. The van der Waals surface area contributed by atoms with Gasteiger partial charge in [0.05, 0.1) is 5.54 Å². The fraction of sp³-hybridized carbons (Fsp3) is 0.462. The van der Waals surface area contributed by atoms with Gasteiger partial charge in [0.25, 0.3) is 0 Å². The summed E-state index contributed by atoms with van der Waals surface area (Å²) in [6.45, 7) is 9.18. The maximum atomic E-state index is 5.77. The lowest BCUT2D eigenvalue weighted by atomic mass is 10.1. The number of benzene rings is 1. The normalized spacial score (nSPS) is 12.0. The van der Waals surface area contributed by atoms with Crippen LogP contribution in [-0.2, 0) is 0 Å². The molecule has 0 radical (unpaired) electrons.